The van der Waals surface area contributed by atoms with Crippen molar-refractivity contribution in [2.24, 2.45) is 0 Å². The van der Waals surface area contributed by atoms with E-state index in [1.165, 1.54) is 5.56 Å². The Morgan fingerprint density at radius 2 is 2.05 bits per heavy atom. The number of anilines is 1. The second-order valence-electron chi connectivity index (χ2n) is 5.26. The van der Waals surface area contributed by atoms with E-state index in [1.54, 1.807) is 0 Å². The van der Waals surface area contributed by atoms with E-state index in [0.29, 0.717) is 6.04 Å². The predicted octanol–water partition coefficient (Wildman–Crippen LogP) is 4.39. The lowest BCUT2D eigenvalue weighted by molar-refractivity contribution is 0.546. The lowest BCUT2D eigenvalue weighted by Crippen LogP contribution is -2.04. The Bertz CT molecular complexity index is 764. The van der Waals surface area contributed by atoms with Crippen LogP contribution >= 0.6 is 15.9 Å². The van der Waals surface area contributed by atoms with Crippen LogP contribution in [0.15, 0.2) is 47.2 Å². The molecule has 0 bridgehead atoms. The minimum atomic E-state index is 0.314. The van der Waals surface area contributed by atoms with E-state index in [1.807, 2.05) is 35.3 Å². The Morgan fingerprint density at radius 3 is 2.81 bits per heavy atom. The van der Waals surface area contributed by atoms with Crippen LogP contribution in [0.2, 0.25) is 0 Å². The Labute approximate surface area is 132 Å². The molecule has 0 amide bonds. The van der Waals surface area contributed by atoms with Crippen molar-refractivity contribution in [3.8, 4) is 0 Å². The van der Waals surface area contributed by atoms with Gasteiger partial charge in [0.2, 0.25) is 0 Å². The van der Waals surface area contributed by atoms with Gasteiger partial charge in [0.15, 0.2) is 5.65 Å². The number of fused-ring (bicyclic) bond motifs is 1. The highest BCUT2D eigenvalue weighted by molar-refractivity contribution is 9.10. The monoisotopic (exact) mass is 344 g/mol. The standard InChI is InChI=1S/C16H17BrN4/c1-11(2)21-16-13(9-20-21)7-14(10-19-16)18-8-12-5-3-4-6-15(12)17/h3-7,9-11,18H,8H2,1-2H3. The summed E-state index contributed by atoms with van der Waals surface area (Å²) in [6.07, 6.45) is 3.73. The fraction of sp³-hybridized carbons (Fsp3) is 0.250. The molecular weight excluding hydrogens is 328 g/mol. The molecule has 0 atom stereocenters. The molecule has 0 radical (unpaired) electrons. The van der Waals surface area contributed by atoms with Crippen LogP contribution in [0.1, 0.15) is 25.5 Å². The largest absolute Gasteiger partial charge is 0.380 e. The maximum absolute atomic E-state index is 4.52. The summed E-state index contributed by atoms with van der Waals surface area (Å²) in [6.45, 7) is 4.97. The van der Waals surface area contributed by atoms with Gasteiger partial charge in [-0.3, -0.25) is 0 Å². The molecule has 1 aromatic carbocycles. The first-order valence-corrected chi connectivity index (χ1v) is 7.75. The fourth-order valence-corrected chi connectivity index (χ4v) is 2.68. The first-order valence-electron chi connectivity index (χ1n) is 6.95. The average Bonchev–Trinajstić information content (AvgIpc) is 2.89. The number of aromatic nitrogens is 3. The lowest BCUT2D eigenvalue weighted by Gasteiger charge is -2.09. The molecule has 0 fully saturated rings. The van der Waals surface area contributed by atoms with Gasteiger partial charge >= 0.3 is 0 Å². The number of halogens is 1. The molecule has 0 aliphatic rings. The molecule has 0 aliphatic heterocycles. The Morgan fingerprint density at radius 1 is 1.24 bits per heavy atom. The molecule has 0 saturated carbocycles. The highest BCUT2D eigenvalue weighted by Crippen LogP contribution is 2.21. The van der Waals surface area contributed by atoms with Gasteiger partial charge in [-0.1, -0.05) is 34.1 Å². The first kappa shape index (κ1) is 14.1. The fourth-order valence-electron chi connectivity index (χ4n) is 2.25. The molecule has 5 heteroatoms. The summed E-state index contributed by atoms with van der Waals surface area (Å²) in [6, 6.07) is 10.6. The van der Waals surface area contributed by atoms with E-state index in [-0.39, 0.29) is 0 Å². The maximum Gasteiger partial charge on any atom is 0.158 e. The lowest BCUT2D eigenvalue weighted by atomic mass is 10.2. The topological polar surface area (TPSA) is 42.7 Å². The predicted molar refractivity (Wildman–Crippen MR) is 89.4 cm³/mol. The second kappa shape index (κ2) is 5.85. The van der Waals surface area contributed by atoms with E-state index in [0.717, 1.165) is 27.7 Å². The van der Waals surface area contributed by atoms with Gasteiger partial charge in [-0.05, 0) is 31.5 Å². The van der Waals surface area contributed by atoms with Crippen LogP contribution in [0, 0.1) is 0 Å². The van der Waals surface area contributed by atoms with Gasteiger partial charge < -0.3 is 5.32 Å². The van der Waals surface area contributed by atoms with E-state index < -0.39 is 0 Å². The minimum absolute atomic E-state index is 0.314. The van der Waals surface area contributed by atoms with Gasteiger partial charge in [-0.2, -0.15) is 5.10 Å². The van der Waals surface area contributed by atoms with E-state index in [4.69, 9.17) is 0 Å². The van der Waals surface area contributed by atoms with Crippen LogP contribution in [0.5, 0.6) is 0 Å². The number of rotatable bonds is 4. The molecule has 108 valence electrons. The van der Waals surface area contributed by atoms with Gasteiger partial charge in [-0.15, -0.1) is 0 Å². The first-order chi connectivity index (χ1) is 10.1. The summed E-state index contributed by atoms with van der Waals surface area (Å²) in [5.74, 6) is 0. The molecule has 1 N–H and O–H groups in total. The zero-order valence-electron chi connectivity index (χ0n) is 12.0. The summed E-state index contributed by atoms with van der Waals surface area (Å²) in [7, 11) is 0. The molecule has 2 heterocycles. The van der Waals surface area contributed by atoms with Gasteiger partial charge in [0.1, 0.15) is 0 Å². The van der Waals surface area contributed by atoms with Gasteiger partial charge in [0.25, 0.3) is 0 Å². The van der Waals surface area contributed by atoms with E-state index >= 15 is 0 Å². The highest BCUT2D eigenvalue weighted by atomic mass is 79.9. The third-order valence-electron chi connectivity index (χ3n) is 3.36. The van der Waals surface area contributed by atoms with Crippen molar-refractivity contribution in [2.45, 2.75) is 26.4 Å². The molecule has 0 saturated heterocycles. The molecule has 4 nitrogen and oxygen atoms in total. The minimum Gasteiger partial charge on any atom is -0.380 e. The normalized spacial score (nSPS) is 11.2. The quantitative estimate of drug-likeness (QED) is 0.763. The summed E-state index contributed by atoms with van der Waals surface area (Å²) in [4.78, 5) is 4.52. The summed E-state index contributed by atoms with van der Waals surface area (Å²) in [5.41, 5.74) is 3.15. The van der Waals surface area contributed by atoms with Crippen molar-refractivity contribution in [3.05, 3.63) is 52.8 Å². The van der Waals surface area contributed by atoms with Crippen LogP contribution in [0.4, 0.5) is 5.69 Å². The highest BCUT2D eigenvalue weighted by Gasteiger charge is 2.07. The molecule has 0 spiro atoms. The number of hydrogen-bond acceptors (Lipinski definition) is 3. The smallest absolute Gasteiger partial charge is 0.158 e. The molecule has 0 unspecified atom stereocenters. The second-order valence-corrected chi connectivity index (χ2v) is 6.12. The van der Waals surface area contributed by atoms with Crippen LogP contribution in [-0.2, 0) is 6.54 Å². The summed E-state index contributed by atoms with van der Waals surface area (Å²) in [5, 5.41) is 8.85. The average molecular weight is 345 g/mol. The number of benzene rings is 1. The molecule has 3 aromatic rings. The van der Waals surface area contributed by atoms with E-state index in [2.05, 4.69) is 57.3 Å². The van der Waals surface area contributed by atoms with Crippen molar-refractivity contribution in [1.82, 2.24) is 14.8 Å². The van der Waals surface area contributed by atoms with Crippen LogP contribution in [0.3, 0.4) is 0 Å². The third kappa shape index (κ3) is 2.93. The Balaban J connectivity index is 1.81. The molecule has 0 aliphatic carbocycles. The zero-order chi connectivity index (χ0) is 14.8. The molecule has 21 heavy (non-hydrogen) atoms. The number of nitrogens with one attached hydrogen (secondary N) is 1. The van der Waals surface area contributed by atoms with Gasteiger partial charge in [0, 0.05) is 22.4 Å². The van der Waals surface area contributed by atoms with Crippen LogP contribution < -0.4 is 5.32 Å². The van der Waals surface area contributed by atoms with Gasteiger partial charge in [-0.25, -0.2) is 9.67 Å². The van der Waals surface area contributed by atoms with Crippen molar-refractivity contribution in [2.75, 3.05) is 5.32 Å². The van der Waals surface area contributed by atoms with Gasteiger partial charge in [0.05, 0.1) is 18.1 Å². The van der Waals surface area contributed by atoms with Crippen molar-refractivity contribution in [3.63, 3.8) is 0 Å². The van der Waals surface area contributed by atoms with Crippen molar-refractivity contribution >= 4 is 32.7 Å². The van der Waals surface area contributed by atoms with Crippen LogP contribution in [0.25, 0.3) is 11.0 Å². The summed E-state index contributed by atoms with van der Waals surface area (Å²) >= 11 is 3.56. The zero-order valence-corrected chi connectivity index (χ0v) is 13.6. The molecular formula is C16H17BrN4. The SMILES string of the molecule is CC(C)n1ncc2cc(NCc3ccccc3Br)cnc21. The third-order valence-corrected chi connectivity index (χ3v) is 4.14. The molecule has 3 rings (SSSR count). The number of nitrogens with zero attached hydrogens (tertiary/aromatic N) is 3. The maximum atomic E-state index is 4.52. The van der Waals surface area contributed by atoms with Crippen molar-refractivity contribution in [1.29, 1.82) is 0 Å². The Hall–Kier alpha value is -1.88. The van der Waals surface area contributed by atoms with Crippen LogP contribution in [-0.4, -0.2) is 14.8 Å². The molecule has 2 aromatic heterocycles. The van der Waals surface area contributed by atoms with Crippen molar-refractivity contribution < 1.29 is 0 Å². The Kier molecular flexibility index (Phi) is 3.92. The van der Waals surface area contributed by atoms with E-state index in [9.17, 15) is 0 Å². The summed E-state index contributed by atoms with van der Waals surface area (Å²) < 4.78 is 3.05. The number of pyridine rings is 1. The number of hydrogen-bond donors (Lipinski definition) is 1.